The number of hydrogen-bond acceptors (Lipinski definition) is 4. The van der Waals surface area contributed by atoms with Gasteiger partial charge < -0.3 is 10.0 Å². The summed E-state index contributed by atoms with van der Waals surface area (Å²) in [6.07, 6.45) is 0.569. The molecule has 0 radical (unpaired) electrons. The van der Waals surface area contributed by atoms with Gasteiger partial charge in [0.15, 0.2) is 11.6 Å². The van der Waals surface area contributed by atoms with E-state index in [4.69, 9.17) is 5.11 Å². The first-order valence-corrected chi connectivity index (χ1v) is 5.97. The van der Waals surface area contributed by atoms with Crippen LogP contribution in [0.3, 0.4) is 0 Å². The third kappa shape index (κ3) is 2.60. The van der Waals surface area contributed by atoms with E-state index in [2.05, 4.69) is 0 Å². The van der Waals surface area contributed by atoms with E-state index in [9.17, 15) is 23.7 Å². The lowest BCUT2D eigenvalue weighted by Gasteiger charge is -2.16. The van der Waals surface area contributed by atoms with Crippen molar-refractivity contribution >= 4 is 11.6 Å². The van der Waals surface area contributed by atoms with Gasteiger partial charge in [0.25, 0.3) is 11.6 Å². The van der Waals surface area contributed by atoms with Crippen molar-refractivity contribution in [3.05, 3.63) is 39.4 Å². The van der Waals surface area contributed by atoms with Crippen LogP contribution in [-0.2, 0) is 0 Å². The highest BCUT2D eigenvalue weighted by atomic mass is 19.2. The normalized spacial score (nSPS) is 18.4. The van der Waals surface area contributed by atoms with Crippen molar-refractivity contribution < 1.29 is 23.6 Å². The van der Waals surface area contributed by atoms with Crippen LogP contribution in [-0.4, -0.2) is 40.5 Å². The summed E-state index contributed by atoms with van der Waals surface area (Å²) in [4.78, 5) is 23.3. The molecule has 1 unspecified atom stereocenters. The number of nitro groups is 1. The zero-order valence-electron chi connectivity index (χ0n) is 10.4. The Kier molecular flexibility index (Phi) is 3.93. The maximum Gasteiger partial charge on any atom is 0.285 e. The molecule has 1 N–H and O–H groups in total. The quantitative estimate of drug-likeness (QED) is 0.671. The molecule has 1 aromatic rings. The van der Waals surface area contributed by atoms with Crippen LogP contribution >= 0.6 is 0 Å². The van der Waals surface area contributed by atoms with Gasteiger partial charge in [-0.25, -0.2) is 8.78 Å². The average molecular weight is 286 g/mol. The molecule has 8 heteroatoms. The van der Waals surface area contributed by atoms with Crippen molar-refractivity contribution in [3.8, 4) is 0 Å². The molecule has 0 aromatic heterocycles. The second-order valence-electron chi connectivity index (χ2n) is 4.63. The van der Waals surface area contributed by atoms with E-state index >= 15 is 0 Å². The Morgan fingerprint density at radius 2 is 2.10 bits per heavy atom. The average Bonchev–Trinajstić information content (AvgIpc) is 2.89. The van der Waals surface area contributed by atoms with E-state index in [0.717, 1.165) is 0 Å². The number of aliphatic hydroxyl groups is 1. The van der Waals surface area contributed by atoms with Gasteiger partial charge in [0, 0.05) is 25.6 Å². The first-order chi connectivity index (χ1) is 9.43. The van der Waals surface area contributed by atoms with Crippen molar-refractivity contribution in [2.75, 3.05) is 19.7 Å². The van der Waals surface area contributed by atoms with Gasteiger partial charge in [0.1, 0.15) is 5.56 Å². The molecule has 0 spiro atoms. The fourth-order valence-electron chi connectivity index (χ4n) is 2.20. The van der Waals surface area contributed by atoms with Gasteiger partial charge in [-0.2, -0.15) is 0 Å². The molecular formula is C12H12F2N2O4. The number of carbonyl (C=O) groups is 1. The standard InChI is InChI=1S/C12H12F2N2O4/c13-9-3-8(11(16(19)20)4-10(9)14)12(18)15-2-1-7(5-15)6-17/h3-4,7,17H,1-2,5-6H2. The molecule has 2 rings (SSSR count). The minimum Gasteiger partial charge on any atom is -0.396 e. The number of nitro benzene ring substituents is 1. The number of nitrogens with zero attached hydrogens (tertiary/aromatic N) is 2. The topological polar surface area (TPSA) is 83.7 Å². The maximum atomic E-state index is 13.2. The van der Waals surface area contributed by atoms with Crippen LogP contribution in [0, 0.1) is 27.7 Å². The van der Waals surface area contributed by atoms with Crippen LogP contribution in [0.15, 0.2) is 12.1 Å². The second kappa shape index (κ2) is 5.49. The molecule has 1 fully saturated rings. The lowest BCUT2D eigenvalue weighted by molar-refractivity contribution is -0.385. The fraction of sp³-hybridized carbons (Fsp3) is 0.417. The Bertz CT molecular complexity index is 565. The molecule has 108 valence electrons. The zero-order chi connectivity index (χ0) is 14.9. The van der Waals surface area contributed by atoms with E-state index in [1.54, 1.807) is 0 Å². The van der Waals surface area contributed by atoms with Gasteiger partial charge >= 0.3 is 0 Å². The van der Waals surface area contributed by atoms with Gasteiger partial charge in [-0.1, -0.05) is 0 Å². The van der Waals surface area contributed by atoms with E-state index < -0.39 is 33.7 Å². The summed E-state index contributed by atoms with van der Waals surface area (Å²) >= 11 is 0. The second-order valence-corrected chi connectivity index (χ2v) is 4.63. The third-order valence-corrected chi connectivity index (χ3v) is 3.30. The summed E-state index contributed by atoms with van der Waals surface area (Å²) < 4.78 is 26.2. The maximum absolute atomic E-state index is 13.2. The molecule has 0 aliphatic carbocycles. The van der Waals surface area contributed by atoms with Crippen molar-refractivity contribution in [1.82, 2.24) is 4.90 Å². The Morgan fingerprint density at radius 1 is 1.45 bits per heavy atom. The van der Waals surface area contributed by atoms with Gasteiger partial charge in [0.2, 0.25) is 0 Å². The molecule has 6 nitrogen and oxygen atoms in total. The molecule has 20 heavy (non-hydrogen) atoms. The molecule has 1 aromatic carbocycles. The lowest BCUT2D eigenvalue weighted by Crippen LogP contribution is -2.29. The number of rotatable bonds is 3. The van der Waals surface area contributed by atoms with E-state index in [-0.39, 0.29) is 19.1 Å². The van der Waals surface area contributed by atoms with Gasteiger partial charge in [0.05, 0.1) is 11.0 Å². The minimum atomic E-state index is -1.37. The predicted molar refractivity (Wildman–Crippen MR) is 64.1 cm³/mol. The van der Waals surface area contributed by atoms with Gasteiger partial charge in [-0.15, -0.1) is 0 Å². The van der Waals surface area contributed by atoms with Crippen molar-refractivity contribution in [2.24, 2.45) is 5.92 Å². The van der Waals surface area contributed by atoms with Crippen LogP contribution in [0.2, 0.25) is 0 Å². The van der Waals surface area contributed by atoms with Crippen molar-refractivity contribution in [1.29, 1.82) is 0 Å². The van der Waals surface area contributed by atoms with E-state index in [0.29, 0.717) is 25.1 Å². The Labute approximate surface area is 112 Å². The smallest absolute Gasteiger partial charge is 0.285 e. The first kappa shape index (κ1) is 14.3. The zero-order valence-corrected chi connectivity index (χ0v) is 10.4. The molecule has 0 bridgehead atoms. The van der Waals surface area contributed by atoms with Crippen molar-refractivity contribution in [3.63, 3.8) is 0 Å². The molecule has 0 saturated carbocycles. The number of carbonyl (C=O) groups excluding carboxylic acids is 1. The summed E-state index contributed by atoms with van der Waals surface area (Å²) in [6.45, 7) is 0.468. The van der Waals surface area contributed by atoms with E-state index in [1.165, 1.54) is 4.90 Å². The van der Waals surface area contributed by atoms with Crippen LogP contribution < -0.4 is 0 Å². The minimum absolute atomic E-state index is 0.0936. The molecule has 1 aliphatic heterocycles. The van der Waals surface area contributed by atoms with Gasteiger partial charge in [-0.3, -0.25) is 14.9 Å². The summed E-state index contributed by atoms with van der Waals surface area (Å²) in [5.41, 5.74) is -1.24. The largest absolute Gasteiger partial charge is 0.396 e. The Hall–Kier alpha value is -2.09. The highest BCUT2D eigenvalue weighted by Crippen LogP contribution is 2.26. The van der Waals surface area contributed by atoms with Gasteiger partial charge in [-0.05, 0) is 12.5 Å². The van der Waals surface area contributed by atoms with Crippen LogP contribution in [0.1, 0.15) is 16.8 Å². The number of amides is 1. The Balaban J connectivity index is 2.34. The molecule has 1 saturated heterocycles. The predicted octanol–water partition coefficient (Wildman–Crippen LogP) is 1.33. The lowest BCUT2D eigenvalue weighted by atomic mass is 10.1. The van der Waals surface area contributed by atoms with E-state index in [1.807, 2.05) is 0 Å². The molecular weight excluding hydrogens is 274 g/mol. The highest BCUT2D eigenvalue weighted by molar-refractivity contribution is 5.98. The molecule has 1 heterocycles. The van der Waals surface area contributed by atoms with Crippen LogP contribution in [0.5, 0.6) is 0 Å². The fourth-order valence-corrected chi connectivity index (χ4v) is 2.20. The third-order valence-electron chi connectivity index (χ3n) is 3.30. The SMILES string of the molecule is O=C(c1cc(F)c(F)cc1[N+](=O)[O-])N1CCC(CO)C1. The molecule has 1 amide bonds. The number of hydrogen-bond donors (Lipinski definition) is 1. The summed E-state index contributed by atoms with van der Waals surface area (Å²) in [7, 11) is 0. The van der Waals surface area contributed by atoms with Crippen molar-refractivity contribution in [2.45, 2.75) is 6.42 Å². The Morgan fingerprint density at radius 3 is 2.65 bits per heavy atom. The molecule has 1 aliphatic rings. The number of halogens is 2. The van der Waals surface area contributed by atoms with Crippen LogP contribution in [0.4, 0.5) is 14.5 Å². The number of benzene rings is 1. The highest BCUT2D eigenvalue weighted by Gasteiger charge is 2.31. The summed E-state index contributed by atoms with van der Waals surface area (Å²) in [6, 6.07) is 0.949. The molecule has 1 atom stereocenters. The number of likely N-dealkylation sites (tertiary alicyclic amines) is 1. The number of aliphatic hydroxyl groups excluding tert-OH is 1. The first-order valence-electron chi connectivity index (χ1n) is 5.97. The summed E-state index contributed by atoms with van der Waals surface area (Å²) in [5, 5.41) is 19.8. The monoisotopic (exact) mass is 286 g/mol. The summed E-state index contributed by atoms with van der Waals surface area (Å²) in [5.74, 6) is -3.50. The van der Waals surface area contributed by atoms with Crippen LogP contribution in [0.25, 0.3) is 0 Å².